The topological polar surface area (TPSA) is 83.0 Å². The normalized spacial score (nSPS) is 11.5. The molecule has 6 nitrogen and oxygen atoms in total. The van der Waals surface area contributed by atoms with Crippen LogP contribution < -0.4 is 5.84 Å². The van der Waals surface area contributed by atoms with Crippen LogP contribution in [0, 0.1) is 0 Å². The second-order valence-electron chi connectivity index (χ2n) is 4.15. The Morgan fingerprint density at radius 2 is 1.95 bits per heavy atom. The van der Waals surface area contributed by atoms with Crippen molar-refractivity contribution in [3.8, 4) is 0 Å². The van der Waals surface area contributed by atoms with Gasteiger partial charge in [0.2, 0.25) is 5.16 Å². The largest absolute Gasteiger partial charge is 0.465 e. The first-order valence-electron chi connectivity index (χ1n) is 5.90. The summed E-state index contributed by atoms with van der Waals surface area (Å²) in [7, 11) is 1.28. The lowest BCUT2D eigenvalue weighted by atomic mass is 10.1. The first kappa shape index (κ1) is 16.1. The molecule has 0 fully saturated rings. The van der Waals surface area contributed by atoms with Crippen LogP contribution in [0.5, 0.6) is 0 Å². The third-order valence-corrected chi connectivity index (χ3v) is 3.68. The molecular formula is C12H11F3N4O2S. The number of carbonyl (C=O) groups is 1. The lowest BCUT2D eigenvalue weighted by Crippen LogP contribution is -2.21. The summed E-state index contributed by atoms with van der Waals surface area (Å²) in [6.07, 6.45) is -4.65. The van der Waals surface area contributed by atoms with Crippen LogP contribution in [0.1, 0.15) is 21.7 Å². The van der Waals surface area contributed by atoms with E-state index < -0.39 is 18.0 Å². The zero-order chi connectivity index (χ0) is 16.3. The van der Waals surface area contributed by atoms with Gasteiger partial charge in [-0.1, -0.05) is 23.9 Å². The number of nitrogens with zero attached hydrogens (tertiary/aromatic N) is 3. The molecule has 2 rings (SSSR count). The van der Waals surface area contributed by atoms with Crippen LogP contribution in [0.3, 0.4) is 0 Å². The van der Waals surface area contributed by atoms with E-state index in [2.05, 4.69) is 14.9 Å². The Morgan fingerprint density at radius 3 is 2.45 bits per heavy atom. The summed E-state index contributed by atoms with van der Waals surface area (Å²) in [5.74, 6) is 3.94. The van der Waals surface area contributed by atoms with E-state index in [0.717, 1.165) is 17.3 Å². The SMILES string of the molecule is COC(=O)c1ccc(CSc2nnc(C(F)(F)F)n2N)cc1. The van der Waals surface area contributed by atoms with Crippen LogP contribution in [0.2, 0.25) is 0 Å². The number of nitrogens with two attached hydrogens (primary N) is 1. The number of thioether (sulfide) groups is 1. The van der Waals surface area contributed by atoms with Gasteiger partial charge in [0.25, 0.3) is 5.82 Å². The van der Waals surface area contributed by atoms with Crippen molar-refractivity contribution in [1.82, 2.24) is 14.9 Å². The first-order chi connectivity index (χ1) is 10.3. The smallest absolute Gasteiger partial charge is 0.453 e. The summed E-state index contributed by atoms with van der Waals surface area (Å²) in [6, 6.07) is 6.47. The van der Waals surface area contributed by atoms with Crippen molar-refractivity contribution in [2.45, 2.75) is 17.1 Å². The maximum atomic E-state index is 12.5. The van der Waals surface area contributed by atoms with E-state index >= 15 is 0 Å². The molecule has 0 radical (unpaired) electrons. The highest BCUT2D eigenvalue weighted by Crippen LogP contribution is 2.29. The minimum atomic E-state index is -4.65. The van der Waals surface area contributed by atoms with Gasteiger partial charge in [0.1, 0.15) is 0 Å². The summed E-state index contributed by atoms with van der Waals surface area (Å²) in [4.78, 5) is 11.3. The fourth-order valence-corrected chi connectivity index (χ4v) is 2.38. The second-order valence-corrected chi connectivity index (χ2v) is 5.09. The highest BCUT2D eigenvalue weighted by molar-refractivity contribution is 7.98. The van der Waals surface area contributed by atoms with Gasteiger partial charge in [-0.15, -0.1) is 10.2 Å². The van der Waals surface area contributed by atoms with Crippen molar-refractivity contribution >= 4 is 17.7 Å². The van der Waals surface area contributed by atoms with Gasteiger partial charge < -0.3 is 10.6 Å². The molecule has 0 atom stereocenters. The number of esters is 1. The third kappa shape index (κ3) is 3.50. The molecule has 1 aromatic carbocycles. The molecule has 0 aliphatic heterocycles. The minimum Gasteiger partial charge on any atom is -0.465 e. The monoisotopic (exact) mass is 332 g/mol. The van der Waals surface area contributed by atoms with Crippen molar-refractivity contribution in [2.75, 3.05) is 13.0 Å². The number of ether oxygens (including phenoxy) is 1. The summed E-state index contributed by atoms with van der Waals surface area (Å²) < 4.78 is 42.5. The molecule has 0 bridgehead atoms. The number of hydrogen-bond donors (Lipinski definition) is 1. The second kappa shape index (κ2) is 6.26. The summed E-state index contributed by atoms with van der Waals surface area (Å²) in [6.45, 7) is 0. The van der Waals surface area contributed by atoms with Crippen LogP contribution in [0.15, 0.2) is 29.4 Å². The maximum absolute atomic E-state index is 12.5. The fraction of sp³-hybridized carbons (Fsp3) is 0.250. The average Bonchev–Trinajstić information content (AvgIpc) is 2.86. The molecule has 0 aliphatic rings. The van der Waals surface area contributed by atoms with E-state index in [1.807, 2.05) is 0 Å². The zero-order valence-electron chi connectivity index (χ0n) is 11.3. The Hall–Kier alpha value is -2.23. The Kier molecular flexibility index (Phi) is 4.59. The molecule has 1 aromatic heterocycles. The summed E-state index contributed by atoms with van der Waals surface area (Å²) in [5, 5.41) is 6.39. The molecule has 0 saturated carbocycles. The highest BCUT2D eigenvalue weighted by Gasteiger charge is 2.38. The van der Waals surface area contributed by atoms with Gasteiger partial charge in [-0.05, 0) is 17.7 Å². The van der Waals surface area contributed by atoms with Gasteiger partial charge in [-0.3, -0.25) is 0 Å². The van der Waals surface area contributed by atoms with E-state index in [0.29, 0.717) is 16.0 Å². The molecule has 22 heavy (non-hydrogen) atoms. The Morgan fingerprint density at radius 1 is 1.32 bits per heavy atom. The molecule has 0 amide bonds. The van der Waals surface area contributed by atoms with E-state index in [1.54, 1.807) is 24.3 Å². The zero-order valence-corrected chi connectivity index (χ0v) is 12.1. The Labute approximate surface area is 127 Å². The van der Waals surface area contributed by atoms with Gasteiger partial charge >= 0.3 is 12.1 Å². The maximum Gasteiger partial charge on any atom is 0.453 e. The van der Waals surface area contributed by atoms with E-state index in [4.69, 9.17) is 5.84 Å². The third-order valence-electron chi connectivity index (χ3n) is 2.66. The van der Waals surface area contributed by atoms with Crippen LogP contribution in [0.25, 0.3) is 0 Å². The molecule has 0 unspecified atom stereocenters. The molecular weight excluding hydrogens is 321 g/mol. The quantitative estimate of drug-likeness (QED) is 0.524. The number of alkyl halides is 3. The number of aromatic nitrogens is 3. The van der Waals surface area contributed by atoms with Gasteiger partial charge in [-0.2, -0.15) is 13.2 Å². The number of nitrogen functional groups attached to an aromatic ring is 1. The van der Waals surface area contributed by atoms with E-state index in [1.165, 1.54) is 7.11 Å². The molecule has 0 spiro atoms. The molecule has 1 heterocycles. The standard InChI is InChI=1S/C12H11F3N4O2S/c1-21-9(20)8-4-2-7(3-5-8)6-22-11-18-17-10(19(11)16)12(13,14)15/h2-5H,6,16H2,1H3. The first-order valence-corrected chi connectivity index (χ1v) is 6.89. The van der Waals surface area contributed by atoms with Crippen LogP contribution in [-0.2, 0) is 16.7 Å². The molecule has 2 N–H and O–H groups in total. The van der Waals surface area contributed by atoms with Crippen molar-refractivity contribution in [3.63, 3.8) is 0 Å². The molecule has 0 saturated heterocycles. The van der Waals surface area contributed by atoms with Crippen molar-refractivity contribution in [2.24, 2.45) is 0 Å². The van der Waals surface area contributed by atoms with Crippen LogP contribution in [-0.4, -0.2) is 28.0 Å². The molecule has 118 valence electrons. The van der Waals surface area contributed by atoms with Crippen molar-refractivity contribution in [3.05, 3.63) is 41.2 Å². The number of hydrogen-bond acceptors (Lipinski definition) is 6. The van der Waals surface area contributed by atoms with Gasteiger partial charge in [0.05, 0.1) is 12.7 Å². The number of methoxy groups -OCH3 is 1. The van der Waals surface area contributed by atoms with E-state index in [9.17, 15) is 18.0 Å². The number of rotatable bonds is 4. The Balaban J connectivity index is 2.05. The minimum absolute atomic E-state index is 0.0515. The van der Waals surface area contributed by atoms with E-state index in [-0.39, 0.29) is 5.16 Å². The summed E-state index contributed by atoms with van der Waals surface area (Å²) >= 11 is 1.01. The van der Waals surface area contributed by atoms with Gasteiger partial charge in [0, 0.05) is 5.75 Å². The number of benzene rings is 1. The fourth-order valence-electron chi connectivity index (χ4n) is 1.57. The molecule has 10 heteroatoms. The summed E-state index contributed by atoms with van der Waals surface area (Å²) in [5.41, 5.74) is 1.17. The van der Waals surface area contributed by atoms with Crippen LogP contribution >= 0.6 is 11.8 Å². The number of carbonyl (C=O) groups excluding carboxylic acids is 1. The molecule has 2 aromatic rings. The van der Waals surface area contributed by atoms with Crippen LogP contribution in [0.4, 0.5) is 13.2 Å². The predicted molar refractivity (Wildman–Crippen MR) is 72.5 cm³/mol. The lowest BCUT2D eigenvalue weighted by Gasteiger charge is -2.06. The average molecular weight is 332 g/mol. The lowest BCUT2D eigenvalue weighted by molar-refractivity contribution is -0.146. The van der Waals surface area contributed by atoms with Gasteiger partial charge in [-0.25, -0.2) is 9.47 Å². The predicted octanol–water partition coefficient (Wildman–Crippen LogP) is 2.09. The van der Waals surface area contributed by atoms with Crippen molar-refractivity contribution < 1.29 is 22.7 Å². The highest BCUT2D eigenvalue weighted by atomic mass is 32.2. The Bertz CT molecular complexity index is 670. The molecule has 0 aliphatic carbocycles. The number of halogens is 3. The van der Waals surface area contributed by atoms with Crippen molar-refractivity contribution in [1.29, 1.82) is 0 Å². The van der Waals surface area contributed by atoms with Gasteiger partial charge in [0.15, 0.2) is 0 Å².